The lowest BCUT2D eigenvalue weighted by molar-refractivity contribution is -0.216. The van der Waals surface area contributed by atoms with Crippen LogP contribution in [0.4, 0.5) is 0 Å². The highest BCUT2D eigenvalue weighted by atomic mass is 16.7. The van der Waals surface area contributed by atoms with Crippen LogP contribution in [0.3, 0.4) is 0 Å². The van der Waals surface area contributed by atoms with E-state index in [0.717, 1.165) is 25.9 Å². The molecule has 1 aliphatic heterocycles. The van der Waals surface area contributed by atoms with Gasteiger partial charge in [0.05, 0.1) is 25.2 Å². The maximum absolute atomic E-state index is 11.4. The van der Waals surface area contributed by atoms with Crippen molar-refractivity contribution in [1.82, 2.24) is 0 Å². The Morgan fingerprint density at radius 3 is 2.72 bits per heavy atom. The van der Waals surface area contributed by atoms with E-state index in [1.807, 2.05) is 0 Å². The molecule has 1 saturated carbocycles. The maximum Gasteiger partial charge on any atom is 0.308 e. The minimum Gasteiger partial charge on any atom is -0.469 e. The van der Waals surface area contributed by atoms with Gasteiger partial charge in [0.2, 0.25) is 0 Å². The number of esters is 1. The van der Waals surface area contributed by atoms with Crippen molar-refractivity contribution in [3.63, 3.8) is 0 Å². The minimum absolute atomic E-state index is 0.187. The summed E-state index contributed by atoms with van der Waals surface area (Å²) < 4.78 is 16.0. The van der Waals surface area contributed by atoms with Gasteiger partial charge in [-0.2, -0.15) is 0 Å². The second kappa shape index (κ2) is 6.50. The second-order valence-electron chi connectivity index (χ2n) is 5.07. The van der Waals surface area contributed by atoms with Crippen LogP contribution in [0.25, 0.3) is 0 Å². The third-order valence-corrected chi connectivity index (χ3v) is 3.75. The smallest absolute Gasteiger partial charge is 0.308 e. The fourth-order valence-electron chi connectivity index (χ4n) is 2.67. The molecule has 2 fully saturated rings. The van der Waals surface area contributed by atoms with E-state index in [2.05, 4.69) is 0 Å². The van der Waals surface area contributed by atoms with Crippen molar-refractivity contribution in [1.29, 1.82) is 0 Å². The van der Waals surface area contributed by atoms with Gasteiger partial charge in [0.25, 0.3) is 0 Å². The van der Waals surface area contributed by atoms with Crippen molar-refractivity contribution in [3.05, 3.63) is 0 Å². The molecule has 0 aromatic heterocycles. The molecule has 1 aliphatic carbocycles. The molecule has 5 nitrogen and oxygen atoms in total. The van der Waals surface area contributed by atoms with E-state index in [-0.39, 0.29) is 24.3 Å². The molecule has 0 radical (unpaired) electrons. The largest absolute Gasteiger partial charge is 0.469 e. The molecule has 4 atom stereocenters. The Labute approximate surface area is 107 Å². The lowest BCUT2D eigenvalue weighted by atomic mass is 9.85. The molecule has 2 unspecified atom stereocenters. The third-order valence-electron chi connectivity index (χ3n) is 3.75. The summed E-state index contributed by atoms with van der Waals surface area (Å²) in [6, 6.07) is 0. The molecule has 1 saturated heterocycles. The minimum atomic E-state index is -0.603. The highest BCUT2D eigenvalue weighted by Crippen LogP contribution is 2.29. The van der Waals surface area contributed by atoms with E-state index in [1.54, 1.807) is 0 Å². The Morgan fingerprint density at radius 2 is 2.11 bits per heavy atom. The number of methoxy groups -OCH3 is 1. The van der Waals surface area contributed by atoms with Gasteiger partial charge in [-0.1, -0.05) is 0 Å². The number of carbonyl (C=O) groups excluding carboxylic acids is 1. The van der Waals surface area contributed by atoms with Gasteiger partial charge < -0.3 is 19.3 Å². The van der Waals surface area contributed by atoms with E-state index in [0.29, 0.717) is 19.3 Å². The predicted molar refractivity (Wildman–Crippen MR) is 63.8 cm³/mol. The summed E-state index contributed by atoms with van der Waals surface area (Å²) in [5.41, 5.74) is 0. The first kappa shape index (κ1) is 13.8. The lowest BCUT2D eigenvalue weighted by Crippen LogP contribution is -2.41. The van der Waals surface area contributed by atoms with Crippen molar-refractivity contribution in [2.24, 2.45) is 5.92 Å². The summed E-state index contributed by atoms with van der Waals surface area (Å²) in [7, 11) is 1.38. The number of aliphatic hydroxyl groups is 1. The number of ether oxygens (including phenoxy) is 3. The van der Waals surface area contributed by atoms with E-state index >= 15 is 0 Å². The van der Waals surface area contributed by atoms with Crippen molar-refractivity contribution in [2.75, 3.05) is 13.7 Å². The highest BCUT2D eigenvalue weighted by Gasteiger charge is 2.35. The molecule has 0 aromatic rings. The molecule has 5 heteroatoms. The zero-order valence-corrected chi connectivity index (χ0v) is 10.8. The van der Waals surface area contributed by atoms with Crippen LogP contribution in [-0.4, -0.2) is 43.3 Å². The second-order valence-corrected chi connectivity index (χ2v) is 5.07. The normalized spacial score (nSPS) is 37.2. The molecule has 2 aliphatic rings. The average Bonchev–Trinajstić information content (AvgIpc) is 2.41. The van der Waals surface area contributed by atoms with E-state index in [9.17, 15) is 9.90 Å². The van der Waals surface area contributed by atoms with Crippen LogP contribution in [0, 0.1) is 5.92 Å². The fraction of sp³-hybridized carbons (Fsp3) is 0.923. The summed E-state index contributed by atoms with van der Waals surface area (Å²) in [6.07, 6.45) is 3.89. The number of hydrogen-bond donors (Lipinski definition) is 1. The Kier molecular flexibility index (Phi) is 4.97. The van der Waals surface area contributed by atoms with Crippen LogP contribution < -0.4 is 0 Å². The SMILES string of the molecule is COC(=O)[C@H]1CCC(OC2CCCCO2)[C@@H](O)C1. The van der Waals surface area contributed by atoms with Gasteiger partial charge in [-0.3, -0.25) is 4.79 Å². The van der Waals surface area contributed by atoms with Crippen LogP contribution >= 0.6 is 0 Å². The Morgan fingerprint density at radius 1 is 1.28 bits per heavy atom. The summed E-state index contributed by atoms with van der Waals surface area (Å²) in [4.78, 5) is 11.4. The first-order valence-corrected chi connectivity index (χ1v) is 6.73. The molecule has 2 rings (SSSR count). The van der Waals surface area contributed by atoms with Gasteiger partial charge in [0.1, 0.15) is 0 Å². The van der Waals surface area contributed by atoms with Crippen LogP contribution in [0.5, 0.6) is 0 Å². The van der Waals surface area contributed by atoms with Gasteiger partial charge in [0, 0.05) is 6.61 Å². The van der Waals surface area contributed by atoms with E-state index in [4.69, 9.17) is 14.2 Å². The van der Waals surface area contributed by atoms with Crippen molar-refractivity contribution >= 4 is 5.97 Å². The van der Waals surface area contributed by atoms with Gasteiger partial charge in [-0.05, 0) is 38.5 Å². The zero-order valence-electron chi connectivity index (χ0n) is 10.8. The van der Waals surface area contributed by atoms with E-state index < -0.39 is 6.10 Å². The highest BCUT2D eigenvalue weighted by molar-refractivity contribution is 5.72. The standard InChI is InChI=1S/C13H22O5/c1-16-13(15)9-5-6-11(10(14)8-9)18-12-4-2-3-7-17-12/h9-12,14H,2-8H2,1H3/t9-,10-,11?,12?/m0/s1. The third kappa shape index (κ3) is 3.43. The van der Waals surface area contributed by atoms with Gasteiger partial charge in [0.15, 0.2) is 6.29 Å². The van der Waals surface area contributed by atoms with Crippen molar-refractivity contribution < 1.29 is 24.1 Å². The number of aliphatic hydroxyl groups excluding tert-OH is 1. The quantitative estimate of drug-likeness (QED) is 0.771. The molecular formula is C13H22O5. The van der Waals surface area contributed by atoms with Crippen LogP contribution in [0.15, 0.2) is 0 Å². The molecule has 0 spiro atoms. The first-order chi connectivity index (χ1) is 8.70. The number of rotatable bonds is 3. The summed E-state index contributed by atoms with van der Waals surface area (Å²) in [5, 5.41) is 10.0. The molecule has 104 valence electrons. The topological polar surface area (TPSA) is 65.0 Å². The number of carbonyl (C=O) groups is 1. The maximum atomic E-state index is 11.4. The molecule has 0 bridgehead atoms. The molecule has 1 heterocycles. The summed E-state index contributed by atoms with van der Waals surface area (Å²) in [5.74, 6) is -0.432. The Bertz CT molecular complexity index is 275. The Balaban J connectivity index is 1.79. The lowest BCUT2D eigenvalue weighted by Gasteiger charge is -2.35. The average molecular weight is 258 g/mol. The van der Waals surface area contributed by atoms with Crippen molar-refractivity contribution in [2.45, 2.75) is 57.0 Å². The summed E-state index contributed by atoms with van der Waals surface area (Å²) >= 11 is 0. The molecule has 0 amide bonds. The molecule has 0 aromatic carbocycles. The van der Waals surface area contributed by atoms with Crippen LogP contribution in [0.1, 0.15) is 38.5 Å². The zero-order chi connectivity index (χ0) is 13.0. The molecule has 18 heavy (non-hydrogen) atoms. The molecular weight excluding hydrogens is 236 g/mol. The fourth-order valence-corrected chi connectivity index (χ4v) is 2.67. The van der Waals surface area contributed by atoms with Gasteiger partial charge >= 0.3 is 5.97 Å². The molecule has 1 N–H and O–H groups in total. The van der Waals surface area contributed by atoms with Crippen LogP contribution in [0.2, 0.25) is 0 Å². The predicted octanol–water partition coefficient (Wildman–Crippen LogP) is 1.23. The van der Waals surface area contributed by atoms with Gasteiger partial charge in [-0.15, -0.1) is 0 Å². The van der Waals surface area contributed by atoms with E-state index in [1.165, 1.54) is 7.11 Å². The Hall–Kier alpha value is -0.650. The van der Waals surface area contributed by atoms with Crippen molar-refractivity contribution in [3.8, 4) is 0 Å². The van der Waals surface area contributed by atoms with Gasteiger partial charge in [-0.25, -0.2) is 0 Å². The number of hydrogen-bond acceptors (Lipinski definition) is 5. The monoisotopic (exact) mass is 258 g/mol. The van der Waals surface area contributed by atoms with Crippen LogP contribution in [-0.2, 0) is 19.0 Å². The first-order valence-electron chi connectivity index (χ1n) is 6.73. The summed E-state index contributed by atoms with van der Waals surface area (Å²) in [6.45, 7) is 0.734.